The molecule has 0 saturated carbocycles. The van der Waals surface area contributed by atoms with Crippen molar-refractivity contribution in [3.8, 4) is 0 Å². The Morgan fingerprint density at radius 2 is 1.82 bits per heavy atom. The van der Waals surface area contributed by atoms with Gasteiger partial charge < -0.3 is 21.1 Å². The lowest BCUT2D eigenvalue weighted by molar-refractivity contribution is -0.0565. The monoisotopic (exact) mass is 159 g/mol. The van der Waals surface area contributed by atoms with Gasteiger partial charge >= 0.3 is 0 Å². The van der Waals surface area contributed by atoms with E-state index in [0.29, 0.717) is 5.57 Å². The van der Waals surface area contributed by atoms with Crippen LogP contribution in [0.4, 0.5) is 0 Å². The molecule has 0 amide bonds. The molecule has 0 unspecified atom stereocenters. The van der Waals surface area contributed by atoms with Crippen molar-refractivity contribution in [3.05, 3.63) is 11.6 Å². The fourth-order valence-corrected chi connectivity index (χ4v) is 1.18. The Kier molecular flexibility index (Phi) is 2.29. The van der Waals surface area contributed by atoms with Crippen molar-refractivity contribution < 1.29 is 15.3 Å². The average Bonchev–Trinajstić information content (AvgIpc) is 1.97. The fourth-order valence-electron chi connectivity index (χ4n) is 1.18. The maximum Gasteiger partial charge on any atom is 0.111 e. The first-order valence-corrected chi connectivity index (χ1v) is 3.52. The van der Waals surface area contributed by atoms with E-state index in [-0.39, 0.29) is 0 Å². The van der Waals surface area contributed by atoms with E-state index in [1.54, 1.807) is 13.0 Å². The largest absolute Gasteiger partial charge is 0.388 e. The minimum Gasteiger partial charge on any atom is -0.388 e. The molecule has 0 aromatic heterocycles. The maximum absolute atomic E-state index is 9.20. The second-order valence-corrected chi connectivity index (χ2v) is 2.91. The average molecular weight is 159 g/mol. The van der Waals surface area contributed by atoms with Crippen LogP contribution >= 0.6 is 0 Å². The molecule has 0 spiro atoms. The number of aliphatic hydroxyl groups is 3. The molecule has 4 heteroatoms. The van der Waals surface area contributed by atoms with Gasteiger partial charge in [0.1, 0.15) is 18.3 Å². The number of rotatable bonds is 0. The normalized spacial score (nSPS) is 45.4. The molecule has 0 radical (unpaired) electrons. The van der Waals surface area contributed by atoms with Gasteiger partial charge in [0.25, 0.3) is 0 Å². The summed E-state index contributed by atoms with van der Waals surface area (Å²) >= 11 is 0. The first kappa shape index (κ1) is 8.67. The van der Waals surface area contributed by atoms with E-state index < -0.39 is 24.4 Å². The first-order chi connectivity index (χ1) is 5.04. The highest BCUT2D eigenvalue weighted by Gasteiger charge is 2.33. The Morgan fingerprint density at radius 3 is 2.36 bits per heavy atom. The predicted molar refractivity (Wildman–Crippen MR) is 39.8 cm³/mol. The molecule has 0 aliphatic heterocycles. The summed E-state index contributed by atoms with van der Waals surface area (Å²) in [6.07, 6.45) is -1.64. The second-order valence-electron chi connectivity index (χ2n) is 2.91. The molecule has 1 rings (SSSR count). The quantitative estimate of drug-likeness (QED) is 0.319. The lowest BCUT2D eigenvalue weighted by atomic mass is 9.89. The van der Waals surface area contributed by atoms with Gasteiger partial charge in [-0.15, -0.1) is 0 Å². The van der Waals surface area contributed by atoms with Crippen LogP contribution in [0.15, 0.2) is 11.6 Å². The van der Waals surface area contributed by atoms with Crippen LogP contribution in [0, 0.1) is 0 Å². The van der Waals surface area contributed by atoms with Crippen molar-refractivity contribution in [2.75, 3.05) is 0 Å². The van der Waals surface area contributed by atoms with Crippen molar-refractivity contribution in [1.82, 2.24) is 0 Å². The molecule has 64 valence electrons. The third kappa shape index (κ3) is 1.44. The molecule has 4 nitrogen and oxygen atoms in total. The predicted octanol–water partition coefficient (Wildman–Crippen LogP) is -1.64. The zero-order valence-electron chi connectivity index (χ0n) is 6.31. The van der Waals surface area contributed by atoms with Crippen molar-refractivity contribution >= 4 is 0 Å². The smallest absolute Gasteiger partial charge is 0.111 e. The van der Waals surface area contributed by atoms with E-state index in [1.165, 1.54) is 0 Å². The highest BCUT2D eigenvalue weighted by atomic mass is 16.4. The first-order valence-electron chi connectivity index (χ1n) is 3.52. The highest BCUT2D eigenvalue weighted by Crippen LogP contribution is 2.18. The Balaban J connectivity index is 2.83. The van der Waals surface area contributed by atoms with Crippen LogP contribution < -0.4 is 5.73 Å². The van der Waals surface area contributed by atoms with Gasteiger partial charge in [-0.2, -0.15) is 0 Å². The fraction of sp³-hybridized carbons (Fsp3) is 0.714. The van der Waals surface area contributed by atoms with Gasteiger partial charge in [-0.1, -0.05) is 6.08 Å². The topological polar surface area (TPSA) is 86.7 Å². The number of hydrogen-bond acceptors (Lipinski definition) is 4. The van der Waals surface area contributed by atoms with Crippen LogP contribution in [0.2, 0.25) is 0 Å². The summed E-state index contributed by atoms with van der Waals surface area (Å²) in [5.74, 6) is 0. The third-order valence-corrected chi connectivity index (χ3v) is 1.99. The molecule has 0 fully saturated rings. The van der Waals surface area contributed by atoms with E-state index in [4.69, 9.17) is 15.9 Å². The molecule has 1 aliphatic carbocycles. The van der Waals surface area contributed by atoms with Gasteiger partial charge in [0.2, 0.25) is 0 Å². The number of aliphatic hydroxyl groups excluding tert-OH is 3. The molecule has 0 aromatic rings. The summed E-state index contributed by atoms with van der Waals surface area (Å²) in [6.45, 7) is 1.67. The van der Waals surface area contributed by atoms with Gasteiger partial charge in [0.15, 0.2) is 0 Å². The van der Waals surface area contributed by atoms with Gasteiger partial charge in [-0.3, -0.25) is 0 Å². The Labute approximate surface area is 65.0 Å². The molecular weight excluding hydrogens is 146 g/mol. The number of hydrogen-bond donors (Lipinski definition) is 4. The van der Waals surface area contributed by atoms with Crippen molar-refractivity contribution in [1.29, 1.82) is 0 Å². The van der Waals surface area contributed by atoms with Crippen LogP contribution in [-0.4, -0.2) is 39.7 Å². The molecule has 11 heavy (non-hydrogen) atoms. The van der Waals surface area contributed by atoms with Crippen LogP contribution in [0.3, 0.4) is 0 Å². The Bertz CT molecular complexity index is 181. The zero-order valence-corrected chi connectivity index (χ0v) is 6.31. The second kappa shape index (κ2) is 2.91. The molecular formula is C7H13NO3. The molecule has 1 aliphatic rings. The zero-order chi connectivity index (χ0) is 8.59. The Morgan fingerprint density at radius 1 is 1.27 bits per heavy atom. The minimum absolute atomic E-state index is 0.576. The van der Waals surface area contributed by atoms with Crippen LogP contribution in [0.1, 0.15) is 6.92 Å². The third-order valence-electron chi connectivity index (χ3n) is 1.99. The van der Waals surface area contributed by atoms with E-state index in [1.807, 2.05) is 0 Å². The van der Waals surface area contributed by atoms with Crippen LogP contribution in [0.25, 0.3) is 0 Å². The summed E-state index contributed by atoms with van der Waals surface area (Å²) in [5, 5.41) is 27.5. The molecule has 5 N–H and O–H groups in total. The maximum atomic E-state index is 9.20. The standard InChI is InChI=1S/C7H13NO3/c1-3-2-4(8)6(10)7(11)5(3)9/h2,4-7,9-11H,8H2,1H3/t4-,5+,6+,7+/m0/s1. The molecule has 0 saturated heterocycles. The van der Waals surface area contributed by atoms with E-state index in [9.17, 15) is 5.11 Å². The Hall–Kier alpha value is -0.420. The van der Waals surface area contributed by atoms with E-state index in [0.717, 1.165) is 0 Å². The van der Waals surface area contributed by atoms with Gasteiger partial charge in [0.05, 0.1) is 6.04 Å². The SMILES string of the molecule is CC1=C[C@H](N)[C@@H](O)[C@H](O)[C@@H]1O. The summed E-state index contributed by atoms with van der Waals surface area (Å²) in [7, 11) is 0. The summed E-state index contributed by atoms with van der Waals surface area (Å²) in [4.78, 5) is 0. The summed E-state index contributed by atoms with van der Waals surface area (Å²) in [6, 6.07) is -0.576. The van der Waals surface area contributed by atoms with Gasteiger partial charge in [0, 0.05) is 0 Å². The lowest BCUT2D eigenvalue weighted by Crippen LogP contribution is -2.51. The minimum atomic E-state index is -1.16. The lowest BCUT2D eigenvalue weighted by Gasteiger charge is -2.31. The van der Waals surface area contributed by atoms with Crippen molar-refractivity contribution in [2.45, 2.75) is 31.3 Å². The van der Waals surface area contributed by atoms with Gasteiger partial charge in [-0.25, -0.2) is 0 Å². The van der Waals surface area contributed by atoms with Crippen LogP contribution in [-0.2, 0) is 0 Å². The van der Waals surface area contributed by atoms with Crippen molar-refractivity contribution in [3.63, 3.8) is 0 Å². The van der Waals surface area contributed by atoms with Gasteiger partial charge in [-0.05, 0) is 12.5 Å². The summed E-state index contributed by atoms with van der Waals surface area (Å²) in [5.41, 5.74) is 6.03. The highest BCUT2D eigenvalue weighted by molar-refractivity contribution is 5.18. The number of nitrogens with two attached hydrogens (primary N) is 1. The van der Waals surface area contributed by atoms with E-state index >= 15 is 0 Å². The van der Waals surface area contributed by atoms with Crippen molar-refractivity contribution in [2.24, 2.45) is 5.73 Å². The van der Waals surface area contributed by atoms with Crippen LogP contribution in [0.5, 0.6) is 0 Å². The molecule has 0 heterocycles. The molecule has 0 aromatic carbocycles. The summed E-state index contributed by atoms with van der Waals surface area (Å²) < 4.78 is 0. The molecule has 4 atom stereocenters. The van der Waals surface area contributed by atoms with E-state index in [2.05, 4.69) is 0 Å². The molecule has 0 bridgehead atoms.